The van der Waals surface area contributed by atoms with Crippen LogP contribution in [-0.2, 0) is 14.6 Å². The van der Waals surface area contributed by atoms with Gasteiger partial charge in [-0.25, -0.2) is 13.4 Å². The van der Waals surface area contributed by atoms with Crippen molar-refractivity contribution in [3.63, 3.8) is 0 Å². The van der Waals surface area contributed by atoms with Crippen molar-refractivity contribution in [2.75, 3.05) is 31.6 Å². The first kappa shape index (κ1) is 19.3. The fourth-order valence-corrected chi connectivity index (χ4v) is 5.92. The summed E-state index contributed by atoms with van der Waals surface area (Å²) in [6.45, 7) is 5.49. The third-order valence-electron chi connectivity index (χ3n) is 5.07. The van der Waals surface area contributed by atoms with Gasteiger partial charge in [0.25, 0.3) is 5.91 Å². The molecule has 2 saturated heterocycles. The van der Waals surface area contributed by atoms with Crippen molar-refractivity contribution in [1.82, 2.24) is 14.8 Å². The first-order valence-corrected chi connectivity index (χ1v) is 11.7. The lowest BCUT2D eigenvalue weighted by molar-refractivity contribution is -0.130. The zero-order valence-corrected chi connectivity index (χ0v) is 17.0. The van der Waals surface area contributed by atoms with Crippen molar-refractivity contribution >= 4 is 33.0 Å². The van der Waals surface area contributed by atoms with Crippen LogP contribution >= 0.6 is 11.3 Å². The van der Waals surface area contributed by atoms with E-state index in [0.717, 1.165) is 23.5 Å². The number of carbonyl (C=O) groups is 2. The van der Waals surface area contributed by atoms with Crippen LogP contribution in [0.4, 0.5) is 0 Å². The topological polar surface area (TPSA) is 87.7 Å². The van der Waals surface area contributed by atoms with Gasteiger partial charge in [-0.1, -0.05) is 0 Å². The molecule has 1 atom stereocenters. The quantitative estimate of drug-likeness (QED) is 0.761. The first-order valence-electron chi connectivity index (χ1n) is 8.84. The molecule has 0 saturated carbocycles. The molecular formula is C17H25N3O4S2. The standard InChI is InChI=1S/C17H25N3O4S2/c1-11-16(25-12(2)18-11)17(22)19-6-4-14(5-7-19)20-9-13(8-15(20)21)10-26(3,23)24/h13-14H,4-10H2,1-3H3. The molecule has 26 heavy (non-hydrogen) atoms. The van der Waals surface area contributed by atoms with Gasteiger partial charge >= 0.3 is 0 Å². The third-order valence-corrected chi connectivity index (χ3v) is 7.20. The number of carbonyl (C=O) groups excluding carboxylic acids is 2. The second kappa shape index (κ2) is 7.26. The van der Waals surface area contributed by atoms with Crippen LogP contribution in [0.25, 0.3) is 0 Å². The molecule has 0 N–H and O–H groups in total. The van der Waals surface area contributed by atoms with Crippen LogP contribution in [0, 0.1) is 19.8 Å². The van der Waals surface area contributed by atoms with Gasteiger partial charge in [-0.3, -0.25) is 9.59 Å². The highest BCUT2D eigenvalue weighted by Gasteiger charge is 2.37. The summed E-state index contributed by atoms with van der Waals surface area (Å²) in [7, 11) is -3.07. The van der Waals surface area contributed by atoms with E-state index in [9.17, 15) is 18.0 Å². The molecule has 2 amide bonds. The van der Waals surface area contributed by atoms with Gasteiger partial charge in [0, 0.05) is 38.4 Å². The minimum atomic E-state index is -3.07. The summed E-state index contributed by atoms with van der Waals surface area (Å²) in [5.41, 5.74) is 0.776. The summed E-state index contributed by atoms with van der Waals surface area (Å²) >= 11 is 1.42. The molecule has 3 rings (SSSR count). The van der Waals surface area contributed by atoms with Crippen LogP contribution in [0.2, 0.25) is 0 Å². The Morgan fingerprint density at radius 2 is 1.92 bits per heavy atom. The van der Waals surface area contributed by atoms with Crippen molar-refractivity contribution in [3.05, 3.63) is 15.6 Å². The fraction of sp³-hybridized carbons (Fsp3) is 0.706. The number of piperidine rings is 1. The summed E-state index contributed by atoms with van der Waals surface area (Å²) in [5.74, 6) is 0.0166. The van der Waals surface area contributed by atoms with E-state index in [1.54, 1.807) is 0 Å². The second-order valence-electron chi connectivity index (χ2n) is 7.38. The Balaban J connectivity index is 1.58. The molecule has 144 valence electrons. The van der Waals surface area contributed by atoms with Crippen LogP contribution in [0.5, 0.6) is 0 Å². The predicted molar refractivity (Wildman–Crippen MR) is 100 cm³/mol. The molecule has 0 aliphatic carbocycles. The highest BCUT2D eigenvalue weighted by atomic mass is 32.2. The number of thiazole rings is 1. The maximum Gasteiger partial charge on any atom is 0.265 e. The van der Waals surface area contributed by atoms with Gasteiger partial charge < -0.3 is 9.80 Å². The van der Waals surface area contributed by atoms with Gasteiger partial charge in [0.1, 0.15) is 14.7 Å². The zero-order valence-electron chi connectivity index (χ0n) is 15.4. The van der Waals surface area contributed by atoms with Crippen molar-refractivity contribution in [2.45, 2.75) is 39.2 Å². The maximum absolute atomic E-state index is 12.7. The van der Waals surface area contributed by atoms with E-state index in [1.807, 2.05) is 23.6 Å². The third kappa shape index (κ3) is 4.25. The SMILES string of the molecule is Cc1nc(C)c(C(=O)N2CCC(N3CC(CS(C)(=O)=O)CC3=O)CC2)s1. The molecule has 0 aromatic carbocycles. The Bertz CT molecular complexity index is 810. The monoisotopic (exact) mass is 399 g/mol. The number of nitrogens with zero attached hydrogens (tertiary/aromatic N) is 3. The maximum atomic E-state index is 12.7. The van der Waals surface area contributed by atoms with Crippen LogP contribution in [-0.4, -0.2) is 72.7 Å². The van der Waals surface area contributed by atoms with E-state index in [0.29, 0.717) is 30.9 Å². The molecule has 2 aliphatic heterocycles. The van der Waals surface area contributed by atoms with Gasteiger partial charge in [0.15, 0.2) is 0 Å². The molecular weight excluding hydrogens is 374 g/mol. The summed E-state index contributed by atoms with van der Waals surface area (Å²) in [6.07, 6.45) is 3.00. The number of hydrogen-bond donors (Lipinski definition) is 0. The van der Waals surface area contributed by atoms with E-state index >= 15 is 0 Å². The highest BCUT2D eigenvalue weighted by molar-refractivity contribution is 7.90. The van der Waals surface area contributed by atoms with Crippen LogP contribution < -0.4 is 0 Å². The molecule has 1 aromatic rings. The molecule has 2 fully saturated rings. The first-order chi connectivity index (χ1) is 12.1. The van der Waals surface area contributed by atoms with Gasteiger partial charge in [0.05, 0.1) is 16.5 Å². The van der Waals surface area contributed by atoms with Gasteiger partial charge in [-0.2, -0.15) is 0 Å². The van der Waals surface area contributed by atoms with E-state index in [-0.39, 0.29) is 29.5 Å². The Kier molecular flexibility index (Phi) is 5.39. The number of aromatic nitrogens is 1. The van der Waals surface area contributed by atoms with E-state index < -0.39 is 9.84 Å². The number of hydrogen-bond acceptors (Lipinski definition) is 6. The van der Waals surface area contributed by atoms with E-state index in [1.165, 1.54) is 17.6 Å². The molecule has 0 bridgehead atoms. The van der Waals surface area contributed by atoms with Gasteiger partial charge in [-0.15, -0.1) is 11.3 Å². The zero-order chi connectivity index (χ0) is 19.1. The fourth-order valence-electron chi connectivity index (χ4n) is 3.96. The Hall–Kier alpha value is -1.48. The van der Waals surface area contributed by atoms with Crippen LogP contribution in [0.15, 0.2) is 0 Å². The van der Waals surface area contributed by atoms with Crippen LogP contribution in [0.3, 0.4) is 0 Å². The predicted octanol–water partition coefficient (Wildman–Crippen LogP) is 1.26. The molecule has 9 heteroatoms. The normalized spacial score (nSPS) is 22.3. The number of sulfone groups is 1. The number of amides is 2. The van der Waals surface area contributed by atoms with E-state index in [4.69, 9.17) is 0 Å². The minimum Gasteiger partial charge on any atom is -0.339 e. The van der Waals surface area contributed by atoms with Crippen molar-refractivity contribution in [2.24, 2.45) is 5.92 Å². The molecule has 2 aliphatic rings. The van der Waals surface area contributed by atoms with Crippen molar-refractivity contribution in [3.8, 4) is 0 Å². The largest absolute Gasteiger partial charge is 0.339 e. The van der Waals surface area contributed by atoms with Gasteiger partial charge in [0.2, 0.25) is 5.91 Å². The molecule has 7 nitrogen and oxygen atoms in total. The lowest BCUT2D eigenvalue weighted by Crippen LogP contribution is -2.47. The summed E-state index contributed by atoms with van der Waals surface area (Å²) in [5, 5.41) is 0.889. The molecule has 0 radical (unpaired) electrons. The summed E-state index contributed by atoms with van der Waals surface area (Å²) < 4.78 is 23.0. The Morgan fingerprint density at radius 1 is 1.27 bits per heavy atom. The second-order valence-corrected chi connectivity index (χ2v) is 10.8. The highest BCUT2D eigenvalue weighted by Crippen LogP contribution is 2.28. The molecule has 1 aromatic heterocycles. The number of rotatable bonds is 4. The van der Waals surface area contributed by atoms with Gasteiger partial charge in [-0.05, 0) is 32.6 Å². The average Bonchev–Trinajstić information content (AvgIpc) is 3.06. The minimum absolute atomic E-state index is 0.0225. The summed E-state index contributed by atoms with van der Waals surface area (Å²) in [4.78, 5) is 33.7. The lowest BCUT2D eigenvalue weighted by atomic mass is 10.0. The molecule has 1 unspecified atom stereocenters. The molecule has 3 heterocycles. The molecule has 0 spiro atoms. The average molecular weight is 400 g/mol. The Morgan fingerprint density at radius 3 is 2.46 bits per heavy atom. The number of aryl methyl sites for hydroxylation is 2. The van der Waals surface area contributed by atoms with Crippen molar-refractivity contribution in [1.29, 1.82) is 0 Å². The van der Waals surface area contributed by atoms with Crippen molar-refractivity contribution < 1.29 is 18.0 Å². The number of likely N-dealkylation sites (tertiary alicyclic amines) is 2. The Labute approximate surface area is 158 Å². The van der Waals surface area contributed by atoms with Crippen LogP contribution in [0.1, 0.15) is 39.6 Å². The smallest absolute Gasteiger partial charge is 0.265 e. The lowest BCUT2D eigenvalue weighted by Gasteiger charge is -2.36. The van der Waals surface area contributed by atoms with E-state index in [2.05, 4.69) is 4.98 Å². The summed E-state index contributed by atoms with van der Waals surface area (Å²) in [6, 6.07) is 0.0976.